The molecule has 1 amide bonds. The van der Waals surface area contributed by atoms with Gasteiger partial charge in [0.2, 0.25) is 0 Å². The zero-order chi connectivity index (χ0) is 11.5. The molecule has 1 aromatic carbocycles. The minimum atomic E-state index is -0.183. The lowest BCUT2D eigenvalue weighted by Gasteiger charge is -2.00. The largest absolute Gasteiger partial charge is 0.497 e. The molecule has 0 atom stereocenters. The molecule has 1 aliphatic rings. The van der Waals surface area contributed by atoms with E-state index >= 15 is 0 Å². The Morgan fingerprint density at radius 1 is 1.38 bits per heavy atom. The van der Waals surface area contributed by atoms with Gasteiger partial charge < -0.3 is 10.5 Å². The fourth-order valence-electron chi connectivity index (χ4n) is 1.53. The highest BCUT2D eigenvalue weighted by Gasteiger charge is 2.16. The van der Waals surface area contributed by atoms with Crippen LogP contribution >= 0.6 is 0 Å². The maximum atomic E-state index is 11.0. The molecule has 0 aromatic heterocycles. The van der Waals surface area contributed by atoms with Gasteiger partial charge in [-0.2, -0.15) is 4.99 Å². The summed E-state index contributed by atoms with van der Waals surface area (Å²) in [6.07, 6.45) is 2.15. The zero-order valence-electron chi connectivity index (χ0n) is 8.93. The van der Waals surface area contributed by atoms with Gasteiger partial charge in [0.05, 0.1) is 13.5 Å². The molecule has 0 spiro atoms. The molecule has 2 rings (SSSR count). The first kappa shape index (κ1) is 10.4. The van der Waals surface area contributed by atoms with Crippen LogP contribution in [-0.4, -0.2) is 18.9 Å². The van der Waals surface area contributed by atoms with Crippen molar-refractivity contribution >= 4 is 17.8 Å². The number of carbonyl (C=O) groups is 1. The number of hydrogen-bond donors (Lipinski definition) is 1. The molecule has 4 nitrogen and oxygen atoms in total. The Bertz CT molecular complexity index is 472. The molecule has 16 heavy (non-hydrogen) atoms. The van der Waals surface area contributed by atoms with Gasteiger partial charge in [-0.25, -0.2) is 0 Å². The average Bonchev–Trinajstić information content (AvgIpc) is 2.59. The fourth-order valence-corrected chi connectivity index (χ4v) is 1.53. The molecule has 0 saturated heterocycles. The molecule has 1 aliphatic heterocycles. The summed E-state index contributed by atoms with van der Waals surface area (Å²) in [5.74, 6) is 0.935. The van der Waals surface area contributed by atoms with Crippen molar-refractivity contribution in [3.05, 3.63) is 35.4 Å². The summed E-state index contributed by atoms with van der Waals surface area (Å²) in [6, 6.07) is 7.52. The molecule has 4 heteroatoms. The third kappa shape index (κ3) is 2.11. The Labute approximate surface area is 93.4 Å². The van der Waals surface area contributed by atoms with Crippen LogP contribution in [0.5, 0.6) is 5.75 Å². The van der Waals surface area contributed by atoms with Gasteiger partial charge in [0.1, 0.15) is 11.6 Å². The highest BCUT2D eigenvalue weighted by Crippen LogP contribution is 2.18. The molecule has 0 bridgehead atoms. The van der Waals surface area contributed by atoms with Gasteiger partial charge in [0.15, 0.2) is 0 Å². The highest BCUT2D eigenvalue weighted by atomic mass is 16.5. The molecule has 0 radical (unpaired) electrons. The Morgan fingerprint density at radius 3 is 2.56 bits per heavy atom. The van der Waals surface area contributed by atoms with Gasteiger partial charge in [-0.3, -0.25) is 4.79 Å². The number of amides is 1. The average molecular weight is 216 g/mol. The first-order valence-corrected chi connectivity index (χ1v) is 4.91. The minimum absolute atomic E-state index is 0.183. The number of ether oxygens (including phenoxy) is 1. The summed E-state index contributed by atoms with van der Waals surface area (Å²) in [4.78, 5) is 14.7. The van der Waals surface area contributed by atoms with Crippen LogP contribution in [0.15, 0.2) is 34.8 Å². The second-order valence-electron chi connectivity index (χ2n) is 3.51. The van der Waals surface area contributed by atoms with E-state index in [1.54, 1.807) is 7.11 Å². The van der Waals surface area contributed by atoms with E-state index in [9.17, 15) is 4.79 Å². The summed E-state index contributed by atoms with van der Waals surface area (Å²) in [5, 5.41) is 0. The van der Waals surface area contributed by atoms with E-state index in [0.717, 1.165) is 16.9 Å². The second-order valence-corrected chi connectivity index (χ2v) is 3.51. The Morgan fingerprint density at radius 2 is 2.06 bits per heavy atom. The third-order valence-electron chi connectivity index (χ3n) is 2.37. The van der Waals surface area contributed by atoms with E-state index in [0.29, 0.717) is 5.84 Å². The van der Waals surface area contributed by atoms with Crippen molar-refractivity contribution in [3.63, 3.8) is 0 Å². The van der Waals surface area contributed by atoms with E-state index in [1.807, 2.05) is 30.3 Å². The number of methoxy groups -OCH3 is 1. The predicted molar refractivity (Wildman–Crippen MR) is 62.2 cm³/mol. The molecule has 1 heterocycles. The van der Waals surface area contributed by atoms with Crippen molar-refractivity contribution in [2.45, 2.75) is 6.42 Å². The van der Waals surface area contributed by atoms with E-state index in [-0.39, 0.29) is 12.3 Å². The molecule has 0 saturated carbocycles. The Balaban J connectivity index is 2.23. The number of benzene rings is 1. The number of hydrogen-bond acceptors (Lipinski definition) is 3. The Kier molecular flexibility index (Phi) is 2.72. The van der Waals surface area contributed by atoms with Crippen LogP contribution in [0, 0.1) is 0 Å². The number of carbonyl (C=O) groups excluding carboxylic acids is 1. The molecule has 1 aromatic rings. The second kappa shape index (κ2) is 4.18. The van der Waals surface area contributed by atoms with Crippen molar-refractivity contribution in [2.24, 2.45) is 10.7 Å². The molecule has 0 unspecified atom stereocenters. The summed E-state index contributed by atoms with van der Waals surface area (Å²) >= 11 is 0. The van der Waals surface area contributed by atoms with E-state index < -0.39 is 0 Å². The van der Waals surface area contributed by atoms with Crippen molar-refractivity contribution in [2.75, 3.05) is 7.11 Å². The predicted octanol–water partition coefficient (Wildman–Crippen LogP) is 1.37. The lowest BCUT2D eigenvalue weighted by atomic mass is 10.1. The first-order chi connectivity index (χ1) is 7.69. The van der Waals surface area contributed by atoms with Gasteiger partial charge in [0.25, 0.3) is 5.91 Å². The van der Waals surface area contributed by atoms with Gasteiger partial charge in [-0.1, -0.05) is 12.1 Å². The summed E-state index contributed by atoms with van der Waals surface area (Å²) in [5.41, 5.74) is 7.36. The van der Waals surface area contributed by atoms with Crippen LogP contribution in [0.3, 0.4) is 0 Å². The molecule has 2 N–H and O–H groups in total. The van der Waals surface area contributed by atoms with Crippen molar-refractivity contribution in [3.8, 4) is 5.75 Å². The van der Waals surface area contributed by atoms with Crippen LogP contribution in [0.4, 0.5) is 0 Å². The normalized spacial score (nSPS) is 17.7. The monoisotopic (exact) mass is 216 g/mol. The fraction of sp³-hybridized carbons (Fsp3) is 0.167. The molecular weight excluding hydrogens is 204 g/mol. The third-order valence-corrected chi connectivity index (χ3v) is 2.37. The Hall–Kier alpha value is -2.10. The standard InChI is InChI=1S/C12H12N2O2/c1-16-10-4-2-8(3-5-10)6-9-7-11(15)14-12(9)13/h2-6H,7H2,1H3,(H2,13,14,15)/b9-6-. The van der Waals surface area contributed by atoms with Crippen LogP contribution in [0.1, 0.15) is 12.0 Å². The maximum Gasteiger partial charge on any atom is 0.252 e. The molecule has 0 aliphatic carbocycles. The first-order valence-electron chi connectivity index (χ1n) is 4.91. The number of nitrogens with zero attached hydrogens (tertiary/aromatic N) is 1. The van der Waals surface area contributed by atoms with Gasteiger partial charge in [-0.15, -0.1) is 0 Å². The van der Waals surface area contributed by atoms with Crippen molar-refractivity contribution in [1.29, 1.82) is 0 Å². The topological polar surface area (TPSA) is 64.7 Å². The minimum Gasteiger partial charge on any atom is -0.497 e. The van der Waals surface area contributed by atoms with Crippen LogP contribution < -0.4 is 10.5 Å². The maximum absolute atomic E-state index is 11.0. The lowest BCUT2D eigenvalue weighted by Crippen LogP contribution is -2.09. The SMILES string of the molecule is COc1ccc(/C=C2/CC(=O)N=C2N)cc1. The number of amidine groups is 1. The quantitative estimate of drug-likeness (QED) is 0.811. The summed E-state index contributed by atoms with van der Waals surface area (Å²) < 4.78 is 5.05. The molecule has 0 fully saturated rings. The molecule has 82 valence electrons. The highest BCUT2D eigenvalue weighted by molar-refractivity contribution is 6.14. The van der Waals surface area contributed by atoms with Gasteiger partial charge >= 0.3 is 0 Å². The van der Waals surface area contributed by atoms with Crippen LogP contribution in [0.25, 0.3) is 6.08 Å². The van der Waals surface area contributed by atoms with Gasteiger partial charge in [0, 0.05) is 5.57 Å². The van der Waals surface area contributed by atoms with E-state index in [1.165, 1.54) is 0 Å². The van der Waals surface area contributed by atoms with E-state index in [2.05, 4.69) is 4.99 Å². The van der Waals surface area contributed by atoms with Gasteiger partial charge in [-0.05, 0) is 23.8 Å². The number of aliphatic imine (C=N–C) groups is 1. The smallest absolute Gasteiger partial charge is 0.252 e. The summed E-state index contributed by atoms with van der Waals surface area (Å²) in [6.45, 7) is 0. The van der Waals surface area contributed by atoms with E-state index in [4.69, 9.17) is 10.5 Å². The molecular formula is C12H12N2O2. The lowest BCUT2D eigenvalue weighted by molar-refractivity contribution is -0.116. The van der Waals surface area contributed by atoms with Crippen LogP contribution in [-0.2, 0) is 4.79 Å². The zero-order valence-corrected chi connectivity index (χ0v) is 8.93. The number of rotatable bonds is 2. The number of nitrogens with two attached hydrogens (primary N) is 1. The van der Waals surface area contributed by atoms with Crippen LogP contribution in [0.2, 0.25) is 0 Å². The summed E-state index contributed by atoms with van der Waals surface area (Å²) in [7, 11) is 1.62. The van der Waals surface area contributed by atoms with Crippen molar-refractivity contribution in [1.82, 2.24) is 0 Å². The van der Waals surface area contributed by atoms with Crippen molar-refractivity contribution < 1.29 is 9.53 Å².